The molecule has 0 spiro atoms. The van der Waals surface area contributed by atoms with E-state index in [1.807, 2.05) is 35.2 Å². The number of hydrogen-bond donors (Lipinski definition) is 1. The summed E-state index contributed by atoms with van der Waals surface area (Å²) in [4.78, 5) is 32.1. The second-order valence-electron chi connectivity index (χ2n) is 8.21. The zero-order chi connectivity index (χ0) is 21.9. The fourth-order valence-corrected chi connectivity index (χ4v) is 5.84. The molecule has 1 aliphatic carbocycles. The smallest absolute Gasteiger partial charge is 0.251 e. The van der Waals surface area contributed by atoms with E-state index in [0.29, 0.717) is 12.4 Å². The SMILES string of the molecule is O=C(CSC1C2=C(CCCC2)C(=O)N1Cc1cccc2ccccc12)Nc1ccccn1. The van der Waals surface area contributed by atoms with Crippen molar-refractivity contribution in [1.82, 2.24) is 9.88 Å². The molecule has 5 nitrogen and oxygen atoms in total. The van der Waals surface area contributed by atoms with Crippen molar-refractivity contribution < 1.29 is 9.59 Å². The number of carbonyl (C=O) groups excluding carboxylic acids is 2. The van der Waals surface area contributed by atoms with Gasteiger partial charge in [0, 0.05) is 18.3 Å². The zero-order valence-electron chi connectivity index (χ0n) is 17.8. The molecule has 3 aromatic rings. The number of nitrogens with one attached hydrogen (secondary N) is 1. The lowest BCUT2D eigenvalue weighted by Gasteiger charge is -2.27. The lowest BCUT2D eigenvalue weighted by molar-refractivity contribution is -0.126. The van der Waals surface area contributed by atoms with Crippen LogP contribution in [0, 0.1) is 0 Å². The van der Waals surface area contributed by atoms with E-state index in [1.165, 1.54) is 16.3 Å². The number of carbonyl (C=O) groups is 2. The highest BCUT2D eigenvalue weighted by molar-refractivity contribution is 8.00. The fourth-order valence-electron chi connectivity index (χ4n) is 4.64. The Morgan fingerprint density at radius 1 is 1.03 bits per heavy atom. The summed E-state index contributed by atoms with van der Waals surface area (Å²) >= 11 is 1.54. The van der Waals surface area contributed by atoms with Crippen molar-refractivity contribution in [1.29, 1.82) is 0 Å². The van der Waals surface area contributed by atoms with Crippen molar-refractivity contribution in [2.75, 3.05) is 11.1 Å². The monoisotopic (exact) mass is 443 g/mol. The van der Waals surface area contributed by atoms with E-state index in [1.54, 1.807) is 24.0 Å². The molecule has 2 aliphatic rings. The Hall–Kier alpha value is -3.12. The summed E-state index contributed by atoms with van der Waals surface area (Å²) in [5, 5.41) is 5.10. The van der Waals surface area contributed by atoms with Gasteiger partial charge < -0.3 is 10.2 Å². The van der Waals surface area contributed by atoms with Gasteiger partial charge in [-0.25, -0.2) is 4.98 Å². The number of aromatic nitrogens is 1. The van der Waals surface area contributed by atoms with Gasteiger partial charge in [0.25, 0.3) is 5.91 Å². The highest BCUT2D eigenvalue weighted by Gasteiger charge is 2.40. The fraction of sp³-hybridized carbons (Fsp3) is 0.269. The molecule has 0 saturated heterocycles. The van der Waals surface area contributed by atoms with Gasteiger partial charge >= 0.3 is 0 Å². The Kier molecular flexibility index (Phi) is 5.95. The topological polar surface area (TPSA) is 62.3 Å². The number of thioether (sulfide) groups is 1. The third-order valence-corrected chi connectivity index (χ3v) is 7.42. The van der Waals surface area contributed by atoms with Gasteiger partial charge in [0.05, 0.1) is 5.75 Å². The molecular weight excluding hydrogens is 418 g/mol. The summed E-state index contributed by atoms with van der Waals surface area (Å²) in [5.74, 6) is 0.856. The zero-order valence-corrected chi connectivity index (χ0v) is 18.6. The van der Waals surface area contributed by atoms with E-state index in [9.17, 15) is 9.59 Å². The minimum absolute atomic E-state index is 0.0914. The highest BCUT2D eigenvalue weighted by atomic mass is 32.2. The molecule has 32 heavy (non-hydrogen) atoms. The number of pyridine rings is 1. The summed E-state index contributed by atoms with van der Waals surface area (Å²) in [6, 6.07) is 20.0. The van der Waals surface area contributed by atoms with Crippen LogP contribution in [0.4, 0.5) is 5.82 Å². The van der Waals surface area contributed by atoms with Crippen LogP contribution in [0.1, 0.15) is 31.2 Å². The maximum absolute atomic E-state index is 13.4. The van der Waals surface area contributed by atoms with E-state index < -0.39 is 0 Å². The van der Waals surface area contributed by atoms with E-state index >= 15 is 0 Å². The van der Waals surface area contributed by atoms with Gasteiger partial charge in [-0.05, 0) is 59.7 Å². The standard InChI is InChI=1S/C26H25N3O2S/c30-24(28-23-14-5-6-15-27-23)17-32-26-22-13-4-3-12-21(22)25(31)29(26)16-19-10-7-9-18-8-1-2-11-20(18)19/h1-2,5-11,14-15,26H,3-4,12-13,16-17H2,(H,27,28,30). The third-order valence-electron chi connectivity index (χ3n) is 6.14. The van der Waals surface area contributed by atoms with Gasteiger partial charge in [0.15, 0.2) is 0 Å². The normalized spacial score (nSPS) is 18.2. The largest absolute Gasteiger partial charge is 0.319 e. The number of nitrogens with zero attached hydrogens (tertiary/aromatic N) is 2. The number of anilines is 1. The molecular formula is C26H25N3O2S. The van der Waals surface area contributed by atoms with Crippen molar-refractivity contribution in [3.63, 3.8) is 0 Å². The maximum Gasteiger partial charge on any atom is 0.251 e. The lowest BCUT2D eigenvalue weighted by Crippen LogP contribution is -2.34. The first kappa shape index (κ1) is 20.8. The maximum atomic E-state index is 13.4. The average Bonchev–Trinajstić information content (AvgIpc) is 3.09. The Morgan fingerprint density at radius 2 is 1.84 bits per heavy atom. The first-order valence-corrected chi connectivity index (χ1v) is 12.1. The molecule has 0 bridgehead atoms. The first-order valence-electron chi connectivity index (χ1n) is 11.0. The minimum atomic E-state index is -0.101. The van der Waals surface area contributed by atoms with Crippen LogP contribution in [0.5, 0.6) is 0 Å². The molecule has 162 valence electrons. The average molecular weight is 444 g/mol. The van der Waals surface area contributed by atoms with E-state index in [0.717, 1.165) is 36.8 Å². The quantitative estimate of drug-likeness (QED) is 0.573. The summed E-state index contributed by atoms with van der Waals surface area (Å²) < 4.78 is 0. The van der Waals surface area contributed by atoms with Crippen LogP contribution in [0.25, 0.3) is 10.8 Å². The minimum Gasteiger partial charge on any atom is -0.319 e. The third kappa shape index (κ3) is 4.15. The van der Waals surface area contributed by atoms with Crippen LogP contribution >= 0.6 is 11.8 Å². The molecule has 0 fully saturated rings. The number of amides is 2. The van der Waals surface area contributed by atoms with E-state index in [2.05, 4.69) is 34.6 Å². The number of fused-ring (bicyclic) bond motifs is 1. The van der Waals surface area contributed by atoms with Crippen LogP contribution in [-0.2, 0) is 16.1 Å². The number of benzene rings is 2. The second kappa shape index (κ2) is 9.17. The second-order valence-corrected chi connectivity index (χ2v) is 9.28. The van der Waals surface area contributed by atoms with Crippen LogP contribution in [0.15, 0.2) is 78.0 Å². The van der Waals surface area contributed by atoms with Gasteiger partial charge in [0.2, 0.25) is 5.91 Å². The molecule has 2 amide bonds. The van der Waals surface area contributed by atoms with Gasteiger partial charge in [0.1, 0.15) is 11.2 Å². The summed E-state index contributed by atoms with van der Waals surface area (Å²) in [6.07, 6.45) is 5.60. The van der Waals surface area contributed by atoms with Crippen LogP contribution < -0.4 is 5.32 Å². The van der Waals surface area contributed by atoms with Crippen LogP contribution in [0.2, 0.25) is 0 Å². The predicted molar refractivity (Wildman–Crippen MR) is 129 cm³/mol. The molecule has 2 heterocycles. The molecule has 1 atom stereocenters. The predicted octanol–water partition coefficient (Wildman–Crippen LogP) is 5.15. The molecule has 6 heteroatoms. The van der Waals surface area contributed by atoms with Crippen molar-refractivity contribution in [2.45, 2.75) is 37.6 Å². The Bertz CT molecular complexity index is 1190. The molecule has 2 aromatic carbocycles. The van der Waals surface area contributed by atoms with Crippen LogP contribution in [-0.4, -0.2) is 32.8 Å². The van der Waals surface area contributed by atoms with E-state index in [-0.39, 0.29) is 22.9 Å². The molecule has 0 saturated carbocycles. The number of rotatable bonds is 6. The van der Waals surface area contributed by atoms with Gasteiger partial charge in [-0.2, -0.15) is 0 Å². The molecule has 0 radical (unpaired) electrons. The van der Waals surface area contributed by atoms with Gasteiger partial charge in [-0.15, -0.1) is 11.8 Å². The summed E-state index contributed by atoms with van der Waals surface area (Å²) in [6.45, 7) is 0.548. The molecule has 1 aromatic heterocycles. The van der Waals surface area contributed by atoms with Crippen molar-refractivity contribution in [3.05, 3.63) is 83.6 Å². The Morgan fingerprint density at radius 3 is 2.72 bits per heavy atom. The Labute approximate surface area is 191 Å². The molecule has 1 unspecified atom stereocenters. The van der Waals surface area contributed by atoms with Crippen molar-refractivity contribution in [3.8, 4) is 0 Å². The van der Waals surface area contributed by atoms with Crippen molar-refractivity contribution >= 4 is 40.2 Å². The first-order chi connectivity index (χ1) is 15.7. The van der Waals surface area contributed by atoms with Gasteiger partial charge in [-0.1, -0.05) is 48.5 Å². The number of hydrogen-bond acceptors (Lipinski definition) is 4. The van der Waals surface area contributed by atoms with Crippen LogP contribution in [0.3, 0.4) is 0 Å². The van der Waals surface area contributed by atoms with Gasteiger partial charge in [-0.3, -0.25) is 9.59 Å². The molecule has 1 aliphatic heterocycles. The Balaban J connectivity index is 1.37. The lowest BCUT2D eigenvalue weighted by atomic mass is 9.94. The highest BCUT2D eigenvalue weighted by Crippen LogP contribution is 2.42. The van der Waals surface area contributed by atoms with Crippen molar-refractivity contribution in [2.24, 2.45) is 0 Å². The summed E-state index contributed by atoms with van der Waals surface area (Å²) in [7, 11) is 0. The molecule has 5 rings (SSSR count). The summed E-state index contributed by atoms with van der Waals surface area (Å²) in [5.41, 5.74) is 3.33. The molecule has 1 N–H and O–H groups in total. The van der Waals surface area contributed by atoms with E-state index in [4.69, 9.17) is 0 Å².